The number of hydrogen-bond donors (Lipinski definition) is 1. The molecule has 0 unspecified atom stereocenters. The second-order valence-corrected chi connectivity index (χ2v) is 5.77. The molecule has 0 aromatic heterocycles. The molecule has 1 N–H and O–H groups in total. The van der Waals surface area contributed by atoms with Gasteiger partial charge in [0.15, 0.2) is 0 Å². The van der Waals surface area contributed by atoms with Gasteiger partial charge in [-0.2, -0.15) is 5.26 Å². The van der Waals surface area contributed by atoms with E-state index in [1.54, 1.807) is 24.3 Å². The molecular weight excluding hydrogens is 387 g/mol. The maximum absolute atomic E-state index is 12.9. The molecule has 0 fully saturated rings. The Hall–Kier alpha value is -2.91. The fourth-order valence-corrected chi connectivity index (χ4v) is 2.43. The Bertz CT molecular complexity index is 855. The molecule has 25 heavy (non-hydrogen) atoms. The lowest BCUT2D eigenvalue weighted by atomic mass is 10.1. The molecule has 0 radical (unpaired) electrons. The minimum absolute atomic E-state index is 0.0732. The van der Waals surface area contributed by atoms with Crippen LogP contribution in [0.3, 0.4) is 0 Å². The molecule has 0 aliphatic carbocycles. The van der Waals surface area contributed by atoms with E-state index in [1.165, 1.54) is 30.3 Å². The van der Waals surface area contributed by atoms with Gasteiger partial charge in [-0.05, 0) is 64.0 Å². The topological polar surface area (TPSA) is 62.1 Å². The summed E-state index contributed by atoms with van der Waals surface area (Å²) in [7, 11) is 0. The van der Waals surface area contributed by atoms with Gasteiger partial charge in [0.2, 0.25) is 0 Å². The summed E-state index contributed by atoms with van der Waals surface area (Å²) in [5.41, 5.74) is 0.988. The summed E-state index contributed by atoms with van der Waals surface area (Å²) in [6, 6.07) is 12.4. The van der Waals surface area contributed by atoms with Gasteiger partial charge in [-0.15, -0.1) is 0 Å². The summed E-state index contributed by atoms with van der Waals surface area (Å²) in [4.78, 5) is 12.2. The second-order valence-electron chi connectivity index (χ2n) is 4.92. The van der Waals surface area contributed by atoms with E-state index in [0.717, 1.165) is 0 Å². The van der Waals surface area contributed by atoms with E-state index in [0.29, 0.717) is 28.1 Å². The van der Waals surface area contributed by atoms with E-state index >= 15 is 0 Å². The SMILES string of the molecule is C=CCOc1ccc(/C=C(\C#N)C(=O)Nc2ccc(F)cc2)cc1Br. The van der Waals surface area contributed by atoms with Crippen molar-refractivity contribution in [3.8, 4) is 11.8 Å². The minimum atomic E-state index is -0.572. The van der Waals surface area contributed by atoms with E-state index in [1.807, 2.05) is 6.07 Å². The molecule has 6 heteroatoms. The third-order valence-corrected chi connectivity index (χ3v) is 3.71. The van der Waals surface area contributed by atoms with Crippen molar-refractivity contribution in [1.82, 2.24) is 0 Å². The van der Waals surface area contributed by atoms with Crippen LogP contribution < -0.4 is 10.1 Å². The highest BCUT2D eigenvalue weighted by Crippen LogP contribution is 2.27. The fourth-order valence-electron chi connectivity index (χ4n) is 1.92. The van der Waals surface area contributed by atoms with E-state index < -0.39 is 11.7 Å². The predicted octanol–water partition coefficient (Wildman–Crippen LogP) is 4.70. The van der Waals surface area contributed by atoms with Crippen LogP contribution in [0.1, 0.15) is 5.56 Å². The number of nitrogens with zero attached hydrogens (tertiary/aromatic N) is 1. The van der Waals surface area contributed by atoms with Crippen LogP contribution in [0.5, 0.6) is 5.75 Å². The first-order valence-electron chi connectivity index (χ1n) is 7.25. The molecule has 2 aromatic carbocycles. The predicted molar refractivity (Wildman–Crippen MR) is 98.5 cm³/mol. The lowest BCUT2D eigenvalue weighted by molar-refractivity contribution is -0.112. The largest absolute Gasteiger partial charge is 0.488 e. The van der Waals surface area contributed by atoms with Gasteiger partial charge >= 0.3 is 0 Å². The Balaban J connectivity index is 2.17. The van der Waals surface area contributed by atoms with Crippen LogP contribution in [0.2, 0.25) is 0 Å². The Labute approximate surface area is 153 Å². The number of carbonyl (C=O) groups excluding carboxylic acids is 1. The highest BCUT2D eigenvalue weighted by atomic mass is 79.9. The molecule has 2 rings (SSSR count). The van der Waals surface area contributed by atoms with Gasteiger partial charge in [0, 0.05) is 5.69 Å². The van der Waals surface area contributed by atoms with Crippen LogP contribution in [0, 0.1) is 17.1 Å². The van der Waals surface area contributed by atoms with Crippen molar-refractivity contribution in [2.45, 2.75) is 0 Å². The number of benzene rings is 2. The van der Waals surface area contributed by atoms with Crippen LogP contribution in [0.15, 0.2) is 65.2 Å². The number of amides is 1. The van der Waals surface area contributed by atoms with Crippen molar-refractivity contribution in [1.29, 1.82) is 5.26 Å². The maximum Gasteiger partial charge on any atom is 0.266 e. The molecule has 0 aliphatic rings. The van der Waals surface area contributed by atoms with Crippen LogP contribution in [0.25, 0.3) is 6.08 Å². The van der Waals surface area contributed by atoms with Crippen LogP contribution in [-0.2, 0) is 4.79 Å². The number of nitriles is 1. The van der Waals surface area contributed by atoms with Crippen molar-refractivity contribution in [2.24, 2.45) is 0 Å². The lowest BCUT2D eigenvalue weighted by Gasteiger charge is -2.07. The zero-order valence-electron chi connectivity index (χ0n) is 13.1. The second kappa shape index (κ2) is 8.81. The lowest BCUT2D eigenvalue weighted by Crippen LogP contribution is -2.13. The van der Waals surface area contributed by atoms with Gasteiger partial charge in [-0.25, -0.2) is 4.39 Å². The molecule has 0 saturated carbocycles. The van der Waals surface area contributed by atoms with Crippen LogP contribution in [-0.4, -0.2) is 12.5 Å². The minimum Gasteiger partial charge on any atom is -0.488 e. The number of halogens is 2. The summed E-state index contributed by atoms with van der Waals surface area (Å²) >= 11 is 3.38. The third kappa shape index (κ3) is 5.30. The molecule has 1 amide bonds. The Morgan fingerprint density at radius 3 is 2.64 bits per heavy atom. The number of ether oxygens (including phenoxy) is 1. The summed E-state index contributed by atoms with van der Waals surface area (Å²) in [6.45, 7) is 3.95. The summed E-state index contributed by atoms with van der Waals surface area (Å²) in [5.74, 6) is -0.346. The number of hydrogen-bond acceptors (Lipinski definition) is 3. The van der Waals surface area contributed by atoms with Gasteiger partial charge in [-0.3, -0.25) is 4.79 Å². The van der Waals surface area contributed by atoms with Gasteiger partial charge < -0.3 is 10.1 Å². The Morgan fingerprint density at radius 2 is 2.04 bits per heavy atom. The first kappa shape index (κ1) is 18.4. The number of anilines is 1. The fraction of sp³-hybridized carbons (Fsp3) is 0.0526. The van der Waals surface area contributed by atoms with Gasteiger partial charge in [0.05, 0.1) is 4.47 Å². The Morgan fingerprint density at radius 1 is 1.32 bits per heavy atom. The van der Waals surface area contributed by atoms with E-state index in [4.69, 9.17) is 4.74 Å². The van der Waals surface area contributed by atoms with E-state index in [9.17, 15) is 14.4 Å². The average Bonchev–Trinajstić information content (AvgIpc) is 2.60. The molecule has 0 aliphatic heterocycles. The highest BCUT2D eigenvalue weighted by molar-refractivity contribution is 9.10. The Kier molecular flexibility index (Phi) is 6.49. The molecule has 0 spiro atoms. The van der Waals surface area contributed by atoms with Crippen molar-refractivity contribution >= 4 is 33.6 Å². The van der Waals surface area contributed by atoms with Crippen molar-refractivity contribution in [3.05, 3.63) is 76.5 Å². The molecule has 4 nitrogen and oxygen atoms in total. The summed E-state index contributed by atoms with van der Waals surface area (Å²) < 4.78 is 19.0. The van der Waals surface area contributed by atoms with E-state index in [2.05, 4.69) is 27.8 Å². The number of carbonyl (C=O) groups is 1. The zero-order valence-corrected chi connectivity index (χ0v) is 14.7. The van der Waals surface area contributed by atoms with Crippen LogP contribution in [0.4, 0.5) is 10.1 Å². The van der Waals surface area contributed by atoms with Gasteiger partial charge in [-0.1, -0.05) is 18.7 Å². The molecule has 0 bridgehead atoms. The third-order valence-electron chi connectivity index (χ3n) is 3.09. The zero-order chi connectivity index (χ0) is 18.2. The molecular formula is C19H14BrFN2O2. The molecule has 0 atom stereocenters. The molecule has 0 heterocycles. The first-order valence-corrected chi connectivity index (χ1v) is 8.04. The van der Waals surface area contributed by atoms with Crippen LogP contribution >= 0.6 is 15.9 Å². The average molecular weight is 401 g/mol. The first-order chi connectivity index (χ1) is 12.0. The summed E-state index contributed by atoms with van der Waals surface area (Å²) in [6.07, 6.45) is 3.09. The summed E-state index contributed by atoms with van der Waals surface area (Å²) in [5, 5.41) is 11.8. The molecule has 126 valence electrons. The number of rotatable bonds is 6. The highest BCUT2D eigenvalue weighted by Gasteiger charge is 2.10. The monoisotopic (exact) mass is 400 g/mol. The normalized spacial score (nSPS) is 10.7. The number of nitrogens with one attached hydrogen (secondary N) is 1. The molecule has 0 saturated heterocycles. The standard InChI is InChI=1S/C19H14BrFN2O2/c1-2-9-25-18-8-3-13(11-17(18)20)10-14(12-22)19(24)23-16-6-4-15(21)5-7-16/h2-8,10-11H,1,9H2,(H,23,24)/b14-10+. The van der Waals surface area contributed by atoms with Gasteiger partial charge in [0.25, 0.3) is 5.91 Å². The van der Waals surface area contributed by atoms with E-state index in [-0.39, 0.29) is 5.57 Å². The maximum atomic E-state index is 12.9. The van der Waals surface area contributed by atoms with Crippen molar-refractivity contribution in [3.63, 3.8) is 0 Å². The van der Waals surface area contributed by atoms with Gasteiger partial charge in [0.1, 0.15) is 29.8 Å². The quantitative estimate of drug-likeness (QED) is 0.434. The molecule has 2 aromatic rings. The van der Waals surface area contributed by atoms with Crippen molar-refractivity contribution < 1.29 is 13.9 Å². The van der Waals surface area contributed by atoms with Crippen molar-refractivity contribution in [2.75, 3.05) is 11.9 Å². The smallest absolute Gasteiger partial charge is 0.266 e.